The van der Waals surface area contributed by atoms with Crippen LogP contribution in [0.1, 0.15) is 27.8 Å². The third-order valence-electron chi connectivity index (χ3n) is 9.65. The summed E-state index contributed by atoms with van der Waals surface area (Å²) in [5.74, 6) is 0.783. The second kappa shape index (κ2) is 17.8. The van der Waals surface area contributed by atoms with E-state index in [1.807, 2.05) is 30.3 Å². The second-order valence-electron chi connectivity index (χ2n) is 13.4. The molecule has 63 heavy (non-hydrogen) atoms. The van der Waals surface area contributed by atoms with Gasteiger partial charge in [0.05, 0.1) is 10.0 Å². The van der Waals surface area contributed by atoms with Crippen molar-refractivity contribution in [2.24, 2.45) is 0 Å². The Labute approximate surface area is 365 Å². The van der Waals surface area contributed by atoms with Gasteiger partial charge in [-0.1, -0.05) is 89.9 Å². The molecule has 7 aromatic carbocycles. The van der Waals surface area contributed by atoms with Gasteiger partial charge in [-0.15, -0.1) is 0 Å². The fourth-order valence-corrected chi connectivity index (χ4v) is 7.07. The first kappa shape index (κ1) is 43.5. The van der Waals surface area contributed by atoms with E-state index in [2.05, 4.69) is 0 Å². The van der Waals surface area contributed by atoms with E-state index in [0.717, 1.165) is 35.4 Å². The Morgan fingerprint density at radius 1 is 0.365 bits per heavy atom. The SMILES string of the molecule is N#Cc1c(Cl)cccc1Oc1ccc(-c2ccc(Oc3cccc(Oc4ccc(C(c5ccc(Oc6cccc(Cl)c6C#N)cc5)(C(F)(F)F)C(F)(F)F)cc4)c3C#N)cc2)cc1. The van der Waals surface area contributed by atoms with Crippen LogP contribution in [0.2, 0.25) is 10.0 Å². The lowest BCUT2D eigenvalue weighted by atomic mass is 9.73. The van der Waals surface area contributed by atoms with Gasteiger partial charge in [-0.3, -0.25) is 0 Å². The van der Waals surface area contributed by atoms with E-state index in [1.54, 1.807) is 54.6 Å². The van der Waals surface area contributed by atoms with E-state index >= 15 is 0 Å². The van der Waals surface area contributed by atoms with Gasteiger partial charge in [0.15, 0.2) is 0 Å². The Morgan fingerprint density at radius 3 is 0.921 bits per heavy atom. The van der Waals surface area contributed by atoms with Crippen molar-refractivity contribution in [1.29, 1.82) is 15.8 Å². The van der Waals surface area contributed by atoms with Crippen LogP contribution < -0.4 is 18.9 Å². The molecular weight excluding hydrogens is 867 g/mol. The number of halogens is 8. The van der Waals surface area contributed by atoms with Crippen LogP contribution in [0.4, 0.5) is 26.3 Å². The summed E-state index contributed by atoms with van der Waals surface area (Å²) in [5.41, 5.74) is -5.09. The second-order valence-corrected chi connectivity index (χ2v) is 14.3. The summed E-state index contributed by atoms with van der Waals surface area (Å²) in [6.07, 6.45) is -11.8. The fraction of sp³-hybridized carbons (Fsp3) is 0.0625. The minimum atomic E-state index is -5.88. The monoisotopic (exact) mass is 891 g/mol. The Hall–Kier alpha value is -7.63. The molecule has 0 N–H and O–H groups in total. The summed E-state index contributed by atoms with van der Waals surface area (Å²) >= 11 is 12.1. The van der Waals surface area contributed by atoms with E-state index in [1.165, 1.54) is 36.4 Å². The third kappa shape index (κ3) is 8.77. The van der Waals surface area contributed by atoms with E-state index in [0.29, 0.717) is 41.5 Å². The van der Waals surface area contributed by atoms with Gasteiger partial charge in [-0.25, -0.2) is 0 Å². The normalized spacial score (nSPS) is 11.4. The van der Waals surface area contributed by atoms with Crippen molar-refractivity contribution in [2.75, 3.05) is 0 Å². The lowest BCUT2D eigenvalue weighted by Gasteiger charge is -2.38. The number of benzene rings is 7. The topological polar surface area (TPSA) is 108 Å². The number of hydrogen-bond donors (Lipinski definition) is 0. The van der Waals surface area contributed by atoms with Crippen LogP contribution in [0.25, 0.3) is 11.1 Å². The molecule has 0 aliphatic carbocycles. The molecule has 15 heteroatoms. The molecule has 0 radical (unpaired) electrons. The molecule has 7 aromatic rings. The first-order valence-corrected chi connectivity index (χ1v) is 19.1. The van der Waals surface area contributed by atoms with Gasteiger partial charge in [-0.2, -0.15) is 42.1 Å². The fourth-order valence-electron chi connectivity index (χ4n) is 6.65. The molecule has 0 saturated carbocycles. The quantitative estimate of drug-likeness (QED) is 0.119. The number of nitrogens with zero attached hydrogens (tertiary/aromatic N) is 3. The van der Waals surface area contributed by atoms with Crippen LogP contribution in [-0.4, -0.2) is 12.4 Å². The van der Waals surface area contributed by atoms with Crippen molar-refractivity contribution in [2.45, 2.75) is 17.8 Å². The molecule has 0 atom stereocenters. The number of hydrogen-bond acceptors (Lipinski definition) is 7. The predicted octanol–water partition coefficient (Wildman–Crippen LogP) is 14.9. The smallest absolute Gasteiger partial charge is 0.411 e. The van der Waals surface area contributed by atoms with Gasteiger partial charge in [0.2, 0.25) is 5.41 Å². The molecule has 0 bridgehead atoms. The zero-order valence-electron chi connectivity index (χ0n) is 31.9. The van der Waals surface area contributed by atoms with Gasteiger partial charge < -0.3 is 18.9 Å². The molecule has 0 amide bonds. The largest absolute Gasteiger partial charge is 0.456 e. The molecule has 312 valence electrons. The molecule has 0 heterocycles. The molecule has 0 aliphatic heterocycles. The maximum atomic E-state index is 14.9. The van der Waals surface area contributed by atoms with Crippen LogP contribution in [0, 0.1) is 34.0 Å². The van der Waals surface area contributed by atoms with Gasteiger partial charge in [0.1, 0.15) is 80.9 Å². The summed E-state index contributed by atoms with van der Waals surface area (Å²) in [6, 6.07) is 39.7. The number of nitriles is 3. The van der Waals surface area contributed by atoms with Crippen molar-refractivity contribution < 1.29 is 45.3 Å². The zero-order valence-corrected chi connectivity index (χ0v) is 33.4. The average Bonchev–Trinajstić information content (AvgIpc) is 3.25. The molecule has 7 nitrogen and oxygen atoms in total. The highest BCUT2D eigenvalue weighted by molar-refractivity contribution is 6.32. The first-order valence-electron chi connectivity index (χ1n) is 18.3. The summed E-state index contributed by atoms with van der Waals surface area (Å²) in [5, 5.41) is 29.2. The Kier molecular flexibility index (Phi) is 12.3. The molecule has 0 spiro atoms. The maximum Gasteiger partial charge on any atom is 0.411 e. The van der Waals surface area contributed by atoms with Gasteiger partial charge in [-0.05, 0) is 107 Å². The van der Waals surface area contributed by atoms with Crippen molar-refractivity contribution in [3.63, 3.8) is 0 Å². The molecule has 0 aliphatic rings. The summed E-state index contributed by atoms with van der Waals surface area (Å²) < 4.78 is 113. The molecule has 0 unspecified atom stereocenters. The highest BCUT2D eigenvalue weighted by Gasteiger charge is 2.72. The Bertz CT molecular complexity index is 2910. The number of alkyl halides is 6. The van der Waals surface area contributed by atoms with Crippen LogP contribution in [0.5, 0.6) is 46.0 Å². The lowest BCUT2D eigenvalue weighted by molar-refractivity contribution is -0.288. The van der Waals surface area contributed by atoms with Crippen molar-refractivity contribution in [3.05, 3.63) is 190 Å². The van der Waals surface area contributed by atoms with Crippen LogP contribution in [0.15, 0.2) is 152 Å². The zero-order chi connectivity index (χ0) is 44.9. The summed E-state index contributed by atoms with van der Waals surface area (Å²) in [6.45, 7) is 0. The summed E-state index contributed by atoms with van der Waals surface area (Å²) in [4.78, 5) is 0. The Morgan fingerprint density at radius 2 is 0.635 bits per heavy atom. The predicted molar refractivity (Wildman–Crippen MR) is 221 cm³/mol. The number of ether oxygens (including phenoxy) is 4. The minimum Gasteiger partial charge on any atom is -0.456 e. The van der Waals surface area contributed by atoms with E-state index < -0.39 is 28.9 Å². The van der Waals surface area contributed by atoms with Crippen LogP contribution in [-0.2, 0) is 5.41 Å². The van der Waals surface area contributed by atoms with Crippen LogP contribution >= 0.6 is 23.2 Å². The maximum absolute atomic E-state index is 14.9. The third-order valence-corrected chi connectivity index (χ3v) is 10.3. The van der Waals surface area contributed by atoms with Crippen molar-refractivity contribution in [1.82, 2.24) is 0 Å². The van der Waals surface area contributed by atoms with E-state index in [9.17, 15) is 42.1 Å². The number of rotatable bonds is 11. The summed E-state index contributed by atoms with van der Waals surface area (Å²) in [7, 11) is 0. The van der Waals surface area contributed by atoms with Gasteiger partial charge in [0, 0.05) is 0 Å². The minimum absolute atomic E-state index is 0.0417. The van der Waals surface area contributed by atoms with Crippen molar-refractivity contribution >= 4 is 23.2 Å². The Balaban J connectivity index is 1.09. The average molecular weight is 893 g/mol. The lowest BCUT2D eigenvalue weighted by Crippen LogP contribution is -2.54. The molecule has 0 saturated heterocycles. The van der Waals surface area contributed by atoms with Gasteiger partial charge >= 0.3 is 12.4 Å². The molecule has 0 fully saturated rings. The molecule has 7 rings (SSSR count). The van der Waals surface area contributed by atoms with E-state index in [-0.39, 0.29) is 55.5 Å². The van der Waals surface area contributed by atoms with Gasteiger partial charge in [0.25, 0.3) is 0 Å². The van der Waals surface area contributed by atoms with Crippen LogP contribution in [0.3, 0.4) is 0 Å². The first-order chi connectivity index (χ1) is 30.2. The standard InChI is InChI=1S/C48H25Cl2F6N3O4/c49-40-4-1-6-42(37(40)26-57)60-33-18-10-29(11-19-33)30-12-20-34(21-13-30)62-44-8-3-9-45(39(44)28-59)63-36-24-16-32(17-25-36)46(47(51,52)53,48(54,55)56)31-14-22-35(23-15-31)61-43-7-2-5-41(50)38(43)27-58/h1-25H. The van der Waals surface area contributed by atoms with E-state index in [4.69, 9.17) is 42.1 Å². The van der Waals surface area contributed by atoms with Crippen molar-refractivity contribution in [3.8, 4) is 75.3 Å². The highest BCUT2D eigenvalue weighted by Crippen LogP contribution is 2.56. The highest BCUT2D eigenvalue weighted by atomic mass is 35.5. The molecule has 0 aromatic heterocycles. The molecular formula is C48H25Cl2F6N3O4.